The highest BCUT2D eigenvalue weighted by Crippen LogP contribution is 2.32. The number of nitrogens with zero attached hydrogens (tertiary/aromatic N) is 1. The van der Waals surface area contributed by atoms with E-state index in [0.29, 0.717) is 12.8 Å². The number of aromatic nitrogens is 1. The number of hydrogen-bond acceptors (Lipinski definition) is 3. The largest absolute Gasteiger partial charge is 0.454 e. The first-order valence-corrected chi connectivity index (χ1v) is 7.43. The maximum Gasteiger partial charge on any atom is 0.231 e. The van der Waals surface area contributed by atoms with E-state index in [9.17, 15) is 0 Å². The van der Waals surface area contributed by atoms with Crippen molar-refractivity contribution < 1.29 is 9.47 Å². The Bertz CT molecular complexity index is 614. The molecule has 0 bridgehead atoms. The Morgan fingerprint density at radius 2 is 1.81 bits per heavy atom. The molecule has 0 radical (unpaired) electrons. The first-order chi connectivity index (χ1) is 10.1. The third-order valence-electron chi connectivity index (χ3n) is 3.92. The predicted molar refractivity (Wildman–Crippen MR) is 83.6 cm³/mol. The topological polar surface area (TPSA) is 35.4 Å². The molecule has 0 spiro atoms. The second-order valence-electron chi connectivity index (χ2n) is 5.71. The number of fused-ring (bicyclic) bond motifs is 1. The second-order valence-corrected chi connectivity index (χ2v) is 5.71. The normalized spacial score (nSPS) is 14.2. The zero-order chi connectivity index (χ0) is 14.8. The monoisotopic (exact) mass is 286 g/mol. The van der Waals surface area contributed by atoms with Gasteiger partial charge in [-0.15, -0.1) is 0 Å². The van der Waals surface area contributed by atoms with Gasteiger partial charge >= 0.3 is 0 Å². The van der Waals surface area contributed by atoms with Crippen LogP contribution in [0.5, 0.6) is 11.5 Å². The minimum atomic E-state index is 0.336. The van der Waals surface area contributed by atoms with E-state index in [-0.39, 0.29) is 0 Å². The Kier molecular flexibility index (Phi) is 3.78. The van der Waals surface area contributed by atoms with Crippen molar-refractivity contribution in [3.05, 3.63) is 47.3 Å². The smallest absolute Gasteiger partial charge is 0.231 e. The van der Waals surface area contributed by atoms with Crippen molar-refractivity contribution in [1.29, 1.82) is 0 Å². The van der Waals surface area contributed by atoms with Gasteiger partial charge < -0.3 is 14.9 Å². The summed E-state index contributed by atoms with van der Waals surface area (Å²) in [7, 11) is 0. The summed E-state index contributed by atoms with van der Waals surface area (Å²) in [6.07, 6.45) is 2.08. The molecule has 1 aliphatic rings. The lowest BCUT2D eigenvalue weighted by Crippen LogP contribution is -2.27. The first-order valence-electron chi connectivity index (χ1n) is 7.43. The molecule has 4 heteroatoms. The Labute approximate surface area is 125 Å². The summed E-state index contributed by atoms with van der Waals surface area (Å²) < 4.78 is 12.9. The van der Waals surface area contributed by atoms with Gasteiger partial charge in [0.25, 0.3) is 0 Å². The van der Waals surface area contributed by atoms with Crippen LogP contribution >= 0.6 is 0 Å². The fraction of sp³-hybridized carbons (Fsp3) is 0.412. The minimum absolute atomic E-state index is 0.336. The van der Waals surface area contributed by atoms with Crippen molar-refractivity contribution in [2.45, 2.75) is 39.7 Å². The summed E-state index contributed by atoms with van der Waals surface area (Å²) in [5, 5.41) is 0. The van der Waals surface area contributed by atoms with Crippen molar-refractivity contribution in [1.82, 2.24) is 4.68 Å². The maximum absolute atomic E-state index is 5.42. The fourth-order valence-corrected chi connectivity index (χ4v) is 2.64. The quantitative estimate of drug-likeness (QED) is 0.915. The van der Waals surface area contributed by atoms with Gasteiger partial charge in [0.05, 0.1) is 0 Å². The molecule has 1 atom stereocenters. The first kappa shape index (κ1) is 13.9. The third kappa shape index (κ3) is 2.99. The standard InChI is InChI=1S/C17H22N2O2/c1-12(18-19-13(2)5-6-14(19)3)4-7-15-8-9-16-17(10-15)21-11-20-16/h5-6,8-10,12,18H,4,7,11H2,1-3H3. The van der Waals surface area contributed by atoms with Crippen molar-refractivity contribution in [3.8, 4) is 11.5 Å². The zero-order valence-corrected chi connectivity index (χ0v) is 12.8. The number of ether oxygens (including phenoxy) is 2. The summed E-state index contributed by atoms with van der Waals surface area (Å²) in [6, 6.07) is 10.9. The van der Waals surface area contributed by atoms with Gasteiger partial charge in [-0.1, -0.05) is 6.07 Å². The number of aryl methyl sites for hydroxylation is 3. The zero-order valence-electron chi connectivity index (χ0n) is 12.8. The Hall–Kier alpha value is -2.10. The number of benzene rings is 1. The summed E-state index contributed by atoms with van der Waals surface area (Å²) >= 11 is 0. The molecule has 1 aliphatic heterocycles. The van der Waals surface area contributed by atoms with Gasteiger partial charge in [-0.25, -0.2) is 0 Å². The number of rotatable bonds is 5. The van der Waals surface area contributed by atoms with Crippen molar-refractivity contribution in [2.75, 3.05) is 12.2 Å². The van der Waals surface area contributed by atoms with E-state index < -0.39 is 0 Å². The Morgan fingerprint density at radius 1 is 1.10 bits per heavy atom. The average molecular weight is 286 g/mol. The van der Waals surface area contributed by atoms with Crippen LogP contribution in [-0.2, 0) is 6.42 Å². The number of nitrogens with one attached hydrogen (secondary N) is 1. The Morgan fingerprint density at radius 3 is 2.57 bits per heavy atom. The molecule has 1 aromatic carbocycles. The molecule has 1 N–H and O–H groups in total. The summed E-state index contributed by atoms with van der Waals surface area (Å²) in [4.78, 5) is 0. The molecule has 1 aromatic heterocycles. The molecular formula is C17H22N2O2. The van der Waals surface area contributed by atoms with Gasteiger partial charge in [0.2, 0.25) is 6.79 Å². The molecule has 2 heterocycles. The van der Waals surface area contributed by atoms with Gasteiger partial charge in [0.1, 0.15) is 0 Å². The molecule has 3 rings (SSSR count). The van der Waals surface area contributed by atoms with E-state index in [1.165, 1.54) is 17.0 Å². The van der Waals surface area contributed by atoms with Crippen LogP contribution in [0.2, 0.25) is 0 Å². The Balaban J connectivity index is 1.57. The highest BCUT2D eigenvalue weighted by Gasteiger charge is 2.13. The van der Waals surface area contributed by atoms with Gasteiger partial charge in [0, 0.05) is 17.4 Å². The maximum atomic E-state index is 5.42. The summed E-state index contributed by atoms with van der Waals surface area (Å²) in [6.45, 7) is 6.78. The van der Waals surface area contributed by atoms with Crippen molar-refractivity contribution in [3.63, 3.8) is 0 Å². The molecule has 21 heavy (non-hydrogen) atoms. The molecule has 0 saturated heterocycles. The van der Waals surface area contributed by atoms with Crippen LogP contribution in [0.1, 0.15) is 30.3 Å². The molecule has 0 amide bonds. The SMILES string of the molecule is Cc1ccc(C)n1NC(C)CCc1ccc2c(c1)OCO2. The second kappa shape index (κ2) is 5.72. The van der Waals surface area contributed by atoms with Crippen LogP contribution in [0.4, 0.5) is 0 Å². The lowest BCUT2D eigenvalue weighted by atomic mass is 10.1. The van der Waals surface area contributed by atoms with Gasteiger partial charge in [0.15, 0.2) is 11.5 Å². The molecule has 0 aliphatic carbocycles. The molecule has 112 valence electrons. The highest BCUT2D eigenvalue weighted by atomic mass is 16.7. The van der Waals surface area contributed by atoms with Gasteiger partial charge in [-0.2, -0.15) is 0 Å². The predicted octanol–water partition coefficient (Wildman–Crippen LogP) is 3.40. The molecule has 0 saturated carbocycles. The van der Waals surface area contributed by atoms with E-state index in [0.717, 1.165) is 24.3 Å². The highest BCUT2D eigenvalue weighted by molar-refractivity contribution is 5.44. The van der Waals surface area contributed by atoms with Crippen LogP contribution in [-0.4, -0.2) is 17.5 Å². The fourth-order valence-electron chi connectivity index (χ4n) is 2.64. The van der Waals surface area contributed by atoms with Crippen molar-refractivity contribution in [2.24, 2.45) is 0 Å². The summed E-state index contributed by atoms with van der Waals surface area (Å²) in [5.41, 5.74) is 7.30. The molecular weight excluding hydrogens is 264 g/mol. The van der Waals surface area contributed by atoms with E-state index in [4.69, 9.17) is 9.47 Å². The van der Waals surface area contributed by atoms with Crippen LogP contribution in [0.3, 0.4) is 0 Å². The van der Waals surface area contributed by atoms with Crippen LogP contribution in [0.25, 0.3) is 0 Å². The van der Waals surface area contributed by atoms with E-state index in [1.807, 2.05) is 6.07 Å². The minimum Gasteiger partial charge on any atom is -0.454 e. The van der Waals surface area contributed by atoms with Crippen LogP contribution in [0, 0.1) is 13.8 Å². The van der Waals surface area contributed by atoms with Crippen LogP contribution in [0.15, 0.2) is 30.3 Å². The van der Waals surface area contributed by atoms with Crippen LogP contribution < -0.4 is 14.9 Å². The van der Waals surface area contributed by atoms with Gasteiger partial charge in [-0.05, 0) is 63.4 Å². The van der Waals surface area contributed by atoms with E-state index in [2.05, 4.69) is 55.1 Å². The average Bonchev–Trinajstić information content (AvgIpc) is 3.06. The molecule has 0 fully saturated rings. The molecule has 4 nitrogen and oxygen atoms in total. The van der Waals surface area contributed by atoms with Gasteiger partial charge in [-0.3, -0.25) is 4.68 Å². The lowest BCUT2D eigenvalue weighted by Gasteiger charge is -2.19. The molecule has 1 unspecified atom stereocenters. The third-order valence-corrected chi connectivity index (χ3v) is 3.92. The van der Waals surface area contributed by atoms with E-state index >= 15 is 0 Å². The van der Waals surface area contributed by atoms with E-state index in [1.54, 1.807) is 0 Å². The number of hydrogen-bond donors (Lipinski definition) is 1. The summed E-state index contributed by atoms with van der Waals surface area (Å²) in [5.74, 6) is 1.72. The molecule has 2 aromatic rings. The van der Waals surface area contributed by atoms with Crippen molar-refractivity contribution >= 4 is 0 Å². The lowest BCUT2D eigenvalue weighted by molar-refractivity contribution is 0.174.